The highest BCUT2D eigenvalue weighted by atomic mass is 16.5. The summed E-state index contributed by atoms with van der Waals surface area (Å²) in [4.78, 5) is 0. The first-order valence-corrected chi connectivity index (χ1v) is 6.45. The van der Waals surface area contributed by atoms with Gasteiger partial charge in [-0.25, -0.2) is 0 Å². The molecule has 0 unspecified atom stereocenters. The van der Waals surface area contributed by atoms with Gasteiger partial charge in [0.25, 0.3) is 0 Å². The summed E-state index contributed by atoms with van der Waals surface area (Å²) < 4.78 is 6.85. The molecule has 0 saturated heterocycles. The van der Waals surface area contributed by atoms with E-state index in [-0.39, 0.29) is 11.2 Å². The average Bonchev–Trinajstić information content (AvgIpc) is 2.69. The van der Waals surface area contributed by atoms with Crippen LogP contribution < -0.4 is 10.5 Å². The van der Waals surface area contributed by atoms with Gasteiger partial charge in [0.05, 0.1) is 13.3 Å². The maximum absolute atomic E-state index is 10.3. The third-order valence-electron chi connectivity index (χ3n) is 3.44. The van der Waals surface area contributed by atoms with E-state index in [0.29, 0.717) is 22.7 Å². The Balaban J connectivity index is 2.72. The molecule has 5 nitrogen and oxygen atoms in total. The van der Waals surface area contributed by atoms with E-state index in [1.807, 2.05) is 12.1 Å². The van der Waals surface area contributed by atoms with Crippen LogP contribution in [0.25, 0.3) is 11.1 Å². The average molecular weight is 275 g/mol. The van der Waals surface area contributed by atoms with Gasteiger partial charge in [-0.1, -0.05) is 20.8 Å². The predicted octanol–water partition coefficient (Wildman–Crippen LogP) is 2.68. The third kappa shape index (κ3) is 2.31. The Labute approximate surface area is 119 Å². The van der Waals surface area contributed by atoms with Crippen molar-refractivity contribution in [2.75, 3.05) is 12.8 Å². The van der Waals surface area contributed by atoms with E-state index in [9.17, 15) is 5.11 Å². The minimum Gasteiger partial charge on any atom is -0.504 e. The lowest BCUT2D eigenvalue weighted by Gasteiger charge is -2.22. The molecule has 5 heteroatoms. The number of phenols is 1. The molecule has 1 aromatic heterocycles. The summed E-state index contributed by atoms with van der Waals surface area (Å²) in [7, 11) is 3.30. The highest BCUT2D eigenvalue weighted by Crippen LogP contribution is 2.42. The number of aromatic nitrogens is 2. The molecule has 20 heavy (non-hydrogen) atoms. The number of nitrogens with zero attached hydrogens (tertiary/aromatic N) is 2. The second-order valence-corrected chi connectivity index (χ2v) is 5.89. The number of nitrogens with two attached hydrogens (primary N) is 1. The van der Waals surface area contributed by atoms with Crippen molar-refractivity contribution in [3.63, 3.8) is 0 Å². The molecule has 0 saturated carbocycles. The maximum Gasteiger partial charge on any atom is 0.165 e. The van der Waals surface area contributed by atoms with E-state index in [4.69, 9.17) is 10.5 Å². The Morgan fingerprint density at radius 3 is 2.35 bits per heavy atom. The molecule has 0 fully saturated rings. The molecule has 0 aliphatic rings. The fraction of sp³-hybridized carbons (Fsp3) is 0.400. The summed E-state index contributed by atoms with van der Waals surface area (Å²) in [6, 6.07) is 3.79. The highest BCUT2D eigenvalue weighted by Gasteiger charge is 2.21. The number of hydrogen-bond donors (Lipinski definition) is 2. The van der Waals surface area contributed by atoms with Crippen molar-refractivity contribution in [3.05, 3.63) is 23.9 Å². The minimum atomic E-state index is -0.0628. The van der Waals surface area contributed by atoms with Crippen LogP contribution in [0.3, 0.4) is 0 Å². The monoisotopic (exact) mass is 275 g/mol. The molecule has 0 radical (unpaired) electrons. The summed E-state index contributed by atoms with van der Waals surface area (Å²) >= 11 is 0. The van der Waals surface area contributed by atoms with Crippen LogP contribution in [0.15, 0.2) is 18.3 Å². The van der Waals surface area contributed by atoms with E-state index in [1.165, 1.54) is 7.11 Å². The normalized spacial score (nSPS) is 11.7. The van der Waals surface area contributed by atoms with E-state index in [1.54, 1.807) is 17.9 Å². The SMILES string of the molecule is COc1cc(C(C)(C)C)cc(-c2cnn(C)c2N)c1O. The largest absolute Gasteiger partial charge is 0.504 e. The van der Waals surface area contributed by atoms with Gasteiger partial charge >= 0.3 is 0 Å². The van der Waals surface area contributed by atoms with Crippen LogP contribution in [0.2, 0.25) is 0 Å². The molecule has 1 aromatic carbocycles. The summed E-state index contributed by atoms with van der Waals surface area (Å²) in [5.41, 5.74) is 8.34. The molecule has 1 heterocycles. The van der Waals surface area contributed by atoms with Crippen LogP contribution in [0.5, 0.6) is 11.5 Å². The molecule has 0 bridgehead atoms. The van der Waals surface area contributed by atoms with Gasteiger partial charge in [0, 0.05) is 18.2 Å². The summed E-state index contributed by atoms with van der Waals surface area (Å²) in [5.74, 6) is 1.03. The predicted molar refractivity (Wildman–Crippen MR) is 80.0 cm³/mol. The van der Waals surface area contributed by atoms with E-state index in [0.717, 1.165) is 5.56 Å². The number of hydrogen-bond acceptors (Lipinski definition) is 4. The zero-order valence-electron chi connectivity index (χ0n) is 12.6. The van der Waals surface area contributed by atoms with Gasteiger partial charge in [-0.2, -0.15) is 5.10 Å². The van der Waals surface area contributed by atoms with E-state index in [2.05, 4.69) is 25.9 Å². The minimum absolute atomic E-state index is 0.0628. The van der Waals surface area contributed by atoms with Crippen LogP contribution in [0.1, 0.15) is 26.3 Å². The molecule has 0 amide bonds. The Bertz CT molecular complexity index is 639. The standard InChI is InChI=1S/C15H21N3O2/c1-15(2,3)9-6-10(13(19)12(7-9)20-5)11-8-17-18(4)14(11)16/h6-8,19H,16H2,1-5H3. The van der Waals surface area contributed by atoms with Crippen molar-refractivity contribution >= 4 is 5.82 Å². The van der Waals surface area contributed by atoms with Gasteiger partial charge in [-0.3, -0.25) is 4.68 Å². The summed E-state index contributed by atoms with van der Waals surface area (Å²) in [6.45, 7) is 6.32. The number of rotatable bonds is 2. The lowest BCUT2D eigenvalue weighted by molar-refractivity contribution is 0.372. The lowest BCUT2D eigenvalue weighted by atomic mass is 9.85. The molecule has 2 rings (SSSR count). The number of nitrogen functional groups attached to an aromatic ring is 1. The Morgan fingerprint density at radius 2 is 1.90 bits per heavy atom. The van der Waals surface area contributed by atoms with E-state index >= 15 is 0 Å². The van der Waals surface area contributed by atoms with Crippen molar-refractivity contribution < 1.29 is 9.84 Å². The zero-order valence-corrected chi connectivity index (χ0v) is 12.6. The first-order valence-electron chi connectivity index (χ1n) is 6.45. The van der Waals surface area contributed by atoms with Gasteiger partial charge in [-0.15, -0.1) is 0 Å². The number of ether oxygens (including phenoxy) is 1. The van der Waals surface area contributed by atoms with Crippen LogP contribution in [-0.4, -0.2) is 22.0 Å². The Morgan fingerprint density at radius 1 is 1.25 bits per heavy atom. The van der Waals surface area contributed by atoms with Crippen LogP contribution in [0, 0.1) is 0 Å². The van der Waals surface area contributed by atoms with Crippen LogP contribution in [-0.2, 0) is 12.5 Å². The van der Waals surface area contributed by atoms with Crippen molar-refractivity contribution in [1.82, 2.24) is 9.78 Å². The molecular weight excluding hydrogens is 254 g/mol. The molecule has 0 atom stereocenters. The van der Waals surface area contributed by atoms with Crippen molar-refractivity contribution in [2.45, 2.75) is 26.2 Å². The second kappa shape index (κ2) is 4.74. The zero-order chi connectivity index (χ0) is 15.1. The summed E-state index contributed by atoms with van der Waals surface area (Å²) in [6.07, 6.45) is 1.65. The second-order valence-electron chi connectivity index (χ2n) is 5.89. The first-order chi connectivity index (χ1) is 9.25. The van der Waals surface area contributed by atoms with Crippen molar-refractivity contribution in [2.24, 2.45) is 7.05 Å². The van der Waals surface area contributed by atoms with Gasteiger partial charge in [0.1, 0.15) is 5.82 Å². The number of phenolic OH excluding ortho intramolecular Hbond substituents is 1. The topological polar surface area (TPSA) is 73.3 Å². The number of aryl methyl sites for hydroxylation is 1. The lowest BCUT2D eigenvalue weighted by Crippen LogP contribution is -2.11. The number of methoxy groups -OCH3 is 1. The summed E-state index contributed by atoms with van der Waals surface area (Å²) in [5, 5.41) is 14.5. The van der Waals surface area contributed by atoms with E-state index < -0.39 is 0 Å². The smallest absolute Gasteiger partial charge is 0.165 e. The van der Waals surface area contributed by atoms with Crippen molar-refractivity contribution in [3.8, 4) is 22.6 Å². The quantitative estimate of drug-likeness (QED) is 0.883. The van der Waals surface area contributed by atoms with Crippen LogP contribution in [0.4, 0.5) is 5.82 Å². The fourth-order valence-corrected chi connectivity index (χ4v) is 2.06. The van der Waals surface area contributed by atoms with Gasteiger partial charge < -0.3 is 15.6 Å². The fourth-order valence-electron chi connectivity index (χ4n) is 2.06. The number of anilines is 1. The molecule has 0 aliphatic heterocycles. The Kier molecular flexibility index (Phi) is 3.38. The molecule has 2 aromatic rings. The number of benzene rings is 1. The first kappa shape index (κ1) is 14.2. The Hall–Kier alpha value is -2.17. The third-order valence-corrected chi connectivity index (χ3v) is 3.44. The molecule has 3 N–H and O–H groups in total. The molecule has 0 spiro atoms. The molecule has 0 aliphatic carbocycles. The number of aromatic hydroxyl groups is 1. The van der Waals surface area contributed by atoms with Crippen LogP contribution >= 0.6 is 0 Å². The van der Waals surface area contributed by atoms with Crippen molar-refractivity contribution in [1.29, 1.82) is 0 Å². The highest BCUT2D eigenvalue weighted by molar-refractivity contribution is 5.81. The van der Waals surface area contributed by atoms with Gasteiger partial charge in [0.2, 0.25) is 0 Å². The molecular formula is C15H21N3O2. The van der Waals surface area contributed by atoms with Gasteiger partial charge in [-0.05, 0) is 23.1 Å². The maximum atomic E-state index is 10.3. The van der Waals surface area contributed by atoms with Gasteiger partial charge in [0.15, 0.2) is 11.5 Å². The molecule has 108 valence electrons.